The molecule has 0 heterocycles. The van der Waals surface area contributed by atoms with E-state index in [1.54, 1.807) is 0 Å². The van der Waals surface area contributed by atoms with Crippen LogP contribution in [-0.2, 0) is 12.6 Å². The van der Waals surface area contributed by atoms with Gasteiger partial charge in [-0.3, -0.25) is 0 Å². The minimum atomic E-state index is -4.82. The van der Waals surface area contributed by atoms with Crippen LogP contribution >= 0.6 is 11.6 Å². The highest BCUT2D eigenvalue weighted by Crippen LogP contribution is 2.43. The second-order valence-electron chi connectivity index (χ2n) is 6.42. The van der Waals surface area contributed by atoms with Crippen molar-refractivity contribution in [1.82, 2.24) is 0 Å². The lowest BCUT2D eigenvalue weighted by Gasteiger charge is -2.19. The smallest absolute Gasteiger partial charge is 0.420 e. The van der Waals surface area contributed by atoms with E-state index in [9.17, 15) is 23.1 Å². The Morgan fingerprint density at radius 3 is 2.30 bits per heavy atom. The molecule has 3 aromatic carbocycles. The zero-order valence-electron chi connectivity index (χ0n) is 15.5. The molecule has 0 aliphatic heterocycles. The number of halogens is 4. The maximum Gasteiger partial charge on any atom is 0.420 e. The summed E-state index contributed by atoms with van der Waals surface area (Å²) in [4.78, 5) is 11.4. The van der Waals surface area contributed by atoms with Crippen LogP contribution in [-0.4, -0.2) is 17.6 Å². The molecule has 156 valence electrons. The Morgan fingerprint density at radius 1 is 1.03 bits per heavy atom. The molecule has 0 amide bonds. The molecule has 0 unspecified atom stereocenters. The molecular formula is C22H17ClF3NO3. The predicted octanol–water partition coefficient (Wildman–Crippen LogP) is 6.50. The van der Waals surface area contributed by atoms with Crippen molar-refractivity contribution in [2.24, 2.45) is 0 Å². The number of benzene rings is 3. The van der Waals surface area contributed by atoms with E-state index in [4.69, 9.17) is 16.3 Å². The highest BCUT2D eigenvalue weighted by molar-refractivity contribution is 6.30. The zero-order valence-corrected chi connectivity index (χ0v) is 16.3. The molecule has 0 atom stereocenters. The molecule has 8 heteroatoms. The molecule has 0 fully saturated rings. The van der Waals surface area contributed by atoms with Crippen LogP contribution in [0.1, 0.15) is 21.5 Å². The largest absolute Gasteiger partial charge is 0.478 e. The van der Waals surface area contributed by atoms with Gasteiger partial charge in [0.2, 0.25) is 0 Å². The molecule has 0 aromatic heterocycles. The summed E-state index contributed by atoms with van der Waals surface area (Å²) in [6.07, 6.45) is -4.29. The lowest BCUT2D eigenvalue weighted by Crippen LogP contribution is -2.14. The molecule has 0 aliphatic carbocycles. The van der Waals surface area contributed by atoms with Crippen LogP contribution in [0.4, 0.5) is 18.9 Å². The quantitative estimate of drug-likeness (QED) is 0.444. The number of carboxylic acids is 1. The lowest BCUT2D eigenvalue weighted by molar-refractivity contribution is -0.138. The monoisotopic (exact) mass is 435 g/mol. The fourth-order valence-electron chi connectivity index (χ4n) is 2.81. The van der Waals surface area contributed by atoms with E-state index in [0.717, 1.165) is 11.6 Å². The van der Waals surface area contributed by atoms with E-state index in [-0.39, 0.29) is 18.0 Å². The van der Waals surface area contributed by atoms with Crippen molar-refractivity contribution in [3.8, 4) is 11.5 Å². The van der Waals surface area contributed by atoms with Gasteiger partial charge in [-0.1, -0.05) is 41.9 Å². The van der Waals surface area contributed by atoms with Gasteiger partial charge in [0.05, 0.1) is 11.3 Å². The van der Waals surface area contributed by atoms with E-state index < -0.39 is 29.0 Å². The van der Waals surface area contributed by atoms with E-state index >= 15 is 0 Å². The summed E-state index contributed by atoms with van der Waals surface area (Å²) < 4.78 is 46.6. The van der Waals surface area contributed by atoms with Crippen LogP contribution in [0, 0.1) is 0 Å². The molecule has 0 aliphatic rings. The normalized spacial score (nSPS) is 11.2. The summed E-state index contributed by atoms with van der Waals surface area (Å²) in [5, 5.41) is 12.6. The molecule has 0 bridgehead atoms. The molecule has 0 saturated carbocycles. The summed E-state index contributed by atoms with van der Waals surface area (Å²) in [6, 6.07) is 16.9. The second kappa shape index (κ2) is 9.09. The van der Waals surface area contributed by atoms with Crippen LogP contribution in [0.2, 0.25) is 5.02 Å². The van der Waals surface area contributed by atoms with Crippen molar-refractivity contribution in [3.05, 3.63) is 88.4 Å². The third-order valence-corrected chi connectivity index (χ3v) is 4.50. The van der Waals surface area contributed by atoms with E-state index in [1.165, 1.54) is 24.3 Å². The fraction of sp³-hybridized carbons (Fsp3) is 0.136. The minimum absolute atomic E-state index is 0.0619. The molecular weight excluding hydrogens is 419 g/mol. The van der Waals surface area contributed by atoms with Crippen LogP contribution in [0.15, 0.2) is 66.7 Å². The highest BCUT2D eigenvalue weighted by Gasteiger charge is 2.37. The van der Waals surface area contributed by atoms with Gasteiger partial charge in [0.15, 0.2) is 5.75 Å². The maximum atomic E-state index is 13.7. The zero-order chi connectivity index (χ0) is 21.7. The van der Waals surface area contributed by atoms with Gasteiger partial charge in [0.25, 0.3) is 0 Å². The Balaban J connectivity index is 1.98. The Kier molecular flexibility index (Phi) is 6.52. The molecule has 3 aromatic rings. The van der Waals surface area contributed by atoms with Crippen molar-refractivity contribution in [2.75, 3.05) is 11.9 Å². The first kappa shape index (κ1) is 21.5. The lowest BCUT2D eigenvalue weighted by atomic mass is 10.1. The van der Waals surface area contributed by atoms with Crippen molar-refractivity contribution >= 4 is 23.3 Å². The number of alkyl halides is 3. The standard InChI is InChI=1S/C22H17ClF3NO3/c23-16-6-8-17(9-7-16)30-20-18(22(24,25)26)12-15(21(28)29)13-19(20)27-11-10-14-4-2-1-3-5-14/h1-9,12-13,27H,10-11H2,(H,28,29). The van der Waals surface area contributed by atoms with Crippen molar-refractivity contribution in [2.45, 2.75) is 12.6 Å². The van der Waals surface area contributed by atoms with Crippen LogP contribution in [0.25, 0.3) is 0 Å². The van der Waals surface area contributed by atoms with Crippen molar-refractivity contribution in [1.29, 1.82) is 0 Å². The Hall–Kier alpha value is -3.19. The summed E-state index contributed by atoms with van der Waals surface area (Å²) in [7, 11) is 0. The topological polar surface area (TPSA) is 58.6 Å². The number of carbonyl (C=O) groups is 1. The highest BCUT2D eigenvalue weighted by atomic mass is 35.5. The first-order valence-electron chi connectivity index (χ1n) is 8.94. The average Bonchev–Trinajstić information content (AvgIpc) is 2.70. The third kappa shape index (κ3) is 5.45. The number of carboxylic acid groups (broad SMARTS) is 1. The molecule has 4 nitrogen and oxygen atoms in total. The van der Waals surface area contributed by atoms with Crippen molar-refractivity contribution < 1.29 is 27.8 Å². The Bertz CT molecular complexity index is 1020. The second-order valence-corrected chi connectivity index (χ2v) is 6.86. The molecule has 0 radical (unpaired) electrons. The maximum absolute atomic E-state index is 13.7. The van der Waals surface area contributed by atoms with Gasteiger partial charge in [-0.05, 0) is 48.4 Å². The minimum Gasteiger partial charge on any atom is -0.478 e. The average molecular weight is 436 g/mol. The molecule has 30 heavy (non-hydrogen) atoms. The van der Waals surface area contributed by atoms with E-state index in [1.807, 2.05) is 30.3 Å². The number of hydrogen-bond donors (Lipinski definition) is 2. The van der Waals surface area contributed by atoms with Crippen LogP contribution in [0.5, 0.6) is 11.5 Å². The van der Waals surface area contributed by atoms with Gasteiger partial charge in [0.1, 0.15) is 11.3 Å². The molecule has 0 spiro atoms. The predicted molar refractivity (Wildman–Crippen MR) is 109 cm³/mol. The Labute approximate surface area is 175 Å². The van der Waals surface area contributed by atoms with Gasteiger partial charge >= 0.3 is 12.1 Å². The number of aromatic carboxylic acids is 1. The fourth-order valence-corrected chi connectivity index (χ4v) is 2.94. The van der Waals surface area contributed by atoms with Gasteiger partial charge in [-0.15, -0.1) is 0 Å². The van der Waals surface area contributed by atoms with E-state index in [0.29, 0.717) is 17.5 Å². The number of ether oxygens (including phenoxy) is 1. The van der Waals surface area contributed by atoms with Crippen molar-refractivity contribution in [3.63, 3.8) is 0 Å². The molecule has 0 saturated heterocycles. The Morgan fingerprint density at radius 2 is 1.70 bits per heavy atom. The van der Waals surface area contributed by atoms with Gasteiger partial charge in [0, 0.05) is 11.6 Å². The number of nitrogens with one attached hydrogen (secondary N) is 1. The van der Waals surface area contributed by atoms with E-state index in [2.05, 4.69) is 5.32 Å². The summed E-state index contributed by atoms with van der Waals surface area (Å²) in [6.45, 7) is 0.279. The summed E-state index contributed by atoms with van der Waals surface area (Å²) >= 11 is 5.82. The van der Waals surface area contributed by atoms with Gasteiger partial charge in [-0.2, -0.15) is 13.2 Å². The number of hydrogen-bond acceptors (Lipinski definition) is 3. The van der Waals surface area contributed by atoms with Crippen LogP contribution in [0.3, 0.4) is 0 Å². The third-order valence-electron chi connectivity index (χ3n) is 4.25. The van der Waals surface area contributed by atoms with Gasteiger partial charge in [-0.25, -0.2) is 4.79 Å². The number of rotatable bonds is 7. The van der Waals surface area contributed by atoms with Crippen LogP contribution < -0.4 is 10.1 Å². The SMILES string of the molecule is O=C(O)c1cc(NCCc2ccccc2)c(Oc2ccc(Cl)cc2)c(C(F)(F)F)c1. The first-order valence-corrected chi connectivity index (χ1v) is 9.31. The first-order chi connectivity index (χ1) is 14.2. The number of anilines is 1. The molecule has 3 rings (SSSR count). The summed E-state index contributed by atoms with van der Waals surface area (Å²) in [5.41, 5.74) is -0.753. The summed E-state index contributed by atoms with van der Waals surface area (Å²) in [5.74, 6) is -1.83. The molecule has 2 N–H and O–H groups in total. The van der Waals surface area contributed by atoms with Gasteiger partial charge < -0.3 is 15.2 Å².